The lowest BCUT2D eigenvalue weighted by Crippen LogP contribution is -1.78. The first-order valence-electron chi connectivity index (χ1n) is 3.16. The van der Waals surface area contributed by atoms with Crippen molar-refractivity contribution in [2.75, 3.05) is 0 Å². The van der Waals surface area contributed by atoms with Gasteiger partial charge in [-0.05, 0) is 12.1 Å². The third-order valence-corrected chi connectivity index (χ3v) is 1.13. The normalized spacial score (nSPS) is 8.50. The summed E-state index contributed by atoms with van der Waals surface area (Å²) in [7, 11) is 9.81. The summed E-state index contributed by atoms with van der Waals surface area (Å²) in [4.78, 5) is 0. The summed E-state index contributed by atoms with van der Waals surface area (Å²) in [5.41, 5.74) is 0.762. The number of nitrogens with zero attached hydrogens (tertiary/aromatic N) is 3. The summed E-state index contributed by atoms with van der Waals surface area (Å²) in [6, 6.07) is 6.61. The maximum Gasteiger partial charge on any atom is 0.618 e. The Hall–Kier alpha value is -0.0338. The summed E-state index contributed by atoms with van der Waals surface area (Å²) >= 11 is -0.639. The molecule has 0 aliphatic heterocycles. The van der Waals surface area contributed by atoms with Crippen LogP contribution >= 0.6 is 18.1 Å². The van der Waals surface area contributed by atoms with E-state index in [1.165, 1.54) is 0 Å². The van der Waals surface area contributed by atoms with E-state index in [2.05, 4.69) is 16.3 Å². The second-order valence-electron chi connectivity index (χ2n) is 1.82. The van der Waals surface area contributed by atoms with Crippen molar-refractivity contribution in [2.45, 2.75) is 0 Å². The third-order valence-electron chi connectivity index (χ3n) is 1.13. The van der Waals surface area contributed by atoms with Crippen molar-refractivity contribution in [3.63, 3.8) is 0 Å². The Bertz CT molecular complexity index is 308. The molecule has 0 unspecified atom stereocenters. The Morgan fingerprint density at radius 1 is 1.50 bits per heavy atom. The first-order chi connectivity index (χ1) is 5.88. The summed E-state index contributed by atoms with van der Waals surface area (Å²) < 4.78 is 1.81. The second-order valence-corrected chi connectivity index (χ2v) is 4.44. The summed E-state index contributed by atoms with van der Waals surface area (Å²) in [6.07, 6.45) is 3.53. The molecule has 0 bridgehead atoms. The molecule has 2 rings (SSSR count). The van der Waals surface area contributed by atoms with E-state index < -0.39 is 18.2 Å². The van der Waals surface area contributed by atoms with Gasteiger partial charge in [-0.25, -0.2) is 0 Å². The molecule has 2 aromatic heterocycles. The molecule has 0 amide bonds. The van der Waals surface area contributed by atoms with Gasteiger partial charge in [0.05, 0.1) is 0 Å². The van der Waals surface area contributed by atoms with E-state index in [9.17, 15) is 0 Å². The van der Waals surface area contributed by atoms with Crippen molar-refractivity contribution in [1.29, 1.82) is 0 Å². The molecule has 6 heteroatoms. The van der Waals surface area contributed by atoms with Gasteiger partial charge in [0.2, 0.25) is 0 Å². The molecule has 12 heavy (non-hydrogen) atoms. The molecular weight excluding hydrogens is 209 g/mol. The SMILES string of the molecule is [Cl][Mg][Cl].[c]1cccn2cnnc12. The van der Waals surface area contributed by atoms with Gasteiger partial charge in [-0.1, -0.05) is 0 Å². The maximum absolute atomic E-state index is 4.90. The average molecular weight is 213 g/mol. The average Bonchev–Trinajstić information content (AvgIpc) is 2.52. The molecule has 1 radical (unpaired) electrons. The zero-order valence-electron chi connectivity index (χ0n) is 6.11. The fourth-order valence-corrected chi connectivity index (χ4v) is 0.713. The zero-order valence-corrected chi connectivity index (χ0v) is 9.04. The van der Waals surface area contributed by atoms with Crippen LogP contribution in [0.25, 0.3) is 5.65 Å². The molecule has 0 aliphatic carbocycles. The largest absolute Gasteiger partial charge is 0.618 e. The molecule has 3 nitrogen and oxygen atoms in total. The molecule has 0 aliphatic rings. The fraction of sp³-hybridized carbons (Fsp3) is 0. The van der Waals surface area contributed by atoms with Crippen molar-refractivity contribution >= 4 is 42.0 Å². The predicted octanol–water partition coefficient (Wildman–Crippen LogP) is 1.53. The fourth-order valence-electron chi connectivity index (χ4n) is 0.713. The third kappa shape index (κ3) is 2.78. The van der Waals surface area contributed by atoms with Gasteiger partial charge in [-0.15, -0.1) is 10.2 Å². The lowest BCUT2D eigenvalue weighted by atomic mass is 10.5. The van der Waals surface area contributed by atoms with Crippen LogP contribution in [0.4, 0.5) is 0 Å². The minimum Gasteiger partial charge on any atom is -0.309 e. The smallest absolute Gasteiger partial charge is 0.309 e. The highest BCUT2D eigenvalue weighted by Crippen LogP contribution is 1.93. The number of hydrogen-bond acceptors (Lipinski definition) is 2. The Morgan fingerprint density at radius 2 is 2.25 bits per heavy atom. The molecule has 2 heterocycles. The van der Waals surface area contributed by atoms with Gasteiger partial charge < -0.3 is 18.1 Å². The second kappa shape index (κ2) is 5.58. The van der Waals surface area contributed by atoms with Crippen LogP contribution in [0.2, 0.25) is 0 Å². The monoisotopic (exact) mass is 212 g/mol. The summed E-state index contributed by atoms with van der Waals surface area (Å²) in [5.74, 6) is 0. The minimum atomic E-state index is -0.639. The van der Waals surface area contributed by atoms with Gasteiger partial charge in [-0.2, -0.15) is 0 Å². The van der Waals surface area contributed by atoms with Crippen LogP contribution in [0.3, 0.4) is 0 Å². The van der Waals surface area contributed by atoms with Crippen LogP contribution in [0, 0.1) is 6.07 Å². The van der Waals surface area contributed by atoms with Crippen molar-refractivity contribution < 1.29 is 0 Å². The van der Waals surface area contributed by atoms with E-state index in [0.717, 1.165) is 5.65 Å². The van der Waals surface area contributed by atoms with Gasteiger partial charge in [0.15, 0.2) is 5.65 Å². The standard InChI is InChI=1S/C6H4N3.2ClH.Mg/c1-2-4-9-5-7-8-6(9)3-1;;;/h1-2,4-5H;2*1H;/q;;;+2/p-2. The topological polar surface area (TPSA) is 30.2 Å². The number of pyridine rings is 1. The minimum absolute atomic E-state index is 0.639. The predicted molar refractivity (Wildman–Crippen MR) is 49.3 cm³/mol. The number of rotatable bonds is 0. The van der Waals surface area contributed by atoms with Crippen LogP contribution in [-0.2, 0) is 0 Å². The number of halogens is 2. The van der Waals surface area contributed by atoms with E-state index in [1.807, 2.05) is 18.3 Å². The van der Waals surface area contributed by atoms with Gasteiger partial charge in [0.1, 0.15) is 6.33 Å². The molecule has 0 fully saturated rings. The van der Waals surface area contributed by atoms with Crippen LogP contribution in [0.1, 0.15) is 0 Å². The van der Waals surface area contributed by atoms with Crippen molar-refractivity contribution in [3.05, 3.63) is 30.7 Å². The van der Waals surface area contributed by atoms with Crippen molar-refractivity contribution in [1.82, 2.24) is 14.6 Å². The first kappa shape index (κ1) is 10.0. The lowest BCUT2D eigenvalue weighted by molar-refractivity contribution is 1.10. The van der Waals surface area contributed by atoms with E-state index in [-0.39, 0.29) is 0 Å². The van der Waals surface area contributed by atoms with E-state index >= 15 is 0 Å². The quantitative estimate of drug-likeness (QED) is 0.621. The number of fused-ring (bicyclic) bond motifs is 1. The Kier molecular flexibility index (Phi) is 4.68. The van der Waals surface area contributed by atoms with E-state index in [4.69, 9.17) is 18.1 Å². The Labute approximate surface area is 87.0 Å². The van der Waals surface area contributed by atoms with Crippen molar-refractivity contribution in [2.24, 2.45) is 0 Å². The highest BCUT2D eigenvalue weighted by molar-refractivity contribution is 7.22. The van der Waals surface area contributed by atoms with Gasteiger partial charge in [0, 0.05) is 12.3 Å². The van der Waals surface area contributed by atoms with Crippen molar-refractivity contribution in [3.8, 4) is 0 Å². The summed E-state index contributed by atoms with van der Waals surface area (Å²) in [5, 5.41) is 7.46. The van der Waals surface area contributed by atoms with E-state index in [1.54, 1.807) is 10.7 Å². The molecular formula is C6H4Cl2MgN3. The molecule has 2 aromatic rings. The van der Waals surface area contributed by atoms with Gasteiger partial charge >= 0.3 is 18.2 Å². The highest BCUT2D eigenvalue weighted by Gasteiger charge is 1.87. The van der Waals surface area contributed by atoms with Crippen LogP contribution in [0.5, 0.6) is 0 Å². The van der Waals surface area contributed by atoms with Gasteiger partial charge in [-0.3, -0.25) is 4.40 Å². The molecule has 0 atom stereocenters. The number of aromatic nitrogens is 3. The van der Waals surface area contributed by atoms with E-state index in [0.29, 0.717) is 0 Å². The van der Waals surface area contributed by atoms with Crippen LogP contribution in [-0.4, -0.2) is 32.8 Å². The summed E-state index contributed by atoms with van der Waals surface area (Å²) in [6.45, 7) is 0. The Balaban J connectivity index is 0.000000213. The number of hydrogen-bond donors (Lipinski definition) is 0. The molecule has 0 N–H and O–H groups in total. The molecule has 0 saturated heterocycles. The molecule has 0 spiro atoms. The van der Waals surface area contributed by atoms with Crippen LogP contribution in [0.15, 0.2) is 24.7 Å². The molecule has 0 aromatic carbocycles. The molecule has 59 valence electrons. The van der Waals surface area contributed by atoms with Crippen LogP contribution < -0.4 is 0 Å². The Morgan fingerprint density at radius 3 is 2.92 bits per heavy atom. The molecule has 0 saturated carbocycles. The highest BCUT2D eigenvalue weighted by atomic mass is 35.6. The first-order valence-corrected chi connectivity index (χ1v) is 7.44. The zero-order chi connectivity index (χ0) is 8.81. The maximum atomic E-state index is 4.90. The van der Waals surface area contributed by atoms with Gasteiger partial charge in [0.25, 0.3) is 0 Å². The lowest BCUT2D eigenvalue weighted by Gasteiger charge is -1.83.